The Hall–Kier alpha value is -3.10. The maximum Gasteiger partial charge on any atom is 0.293 e. The molecule has 3 amide bonds. The summed E-state index contributed by atoms with van der Waals surface area (Å²) >= 11 is 0. The van der Waals surface area contributed by atoms with Crippen molar-refractivity contribution < 1.29 is 24.1 Å². The number of benzene rings is 1. The van der Waals surface area contributed by atoms with Gasteiger partial charge in [0.05, 0.1) is 4.92 Å². The molecule has 2 heterocycles. The van der Waals surface area contributed by atoms with E-state index in [1.54, 1.807) is 19.9 Å². The van der Waals surface area contributed by atoms with E-state index in [2.05, 4.69) is 0 Å². The summed E-state index contributed by atoms with van der Waals surface area (Å²) in [5, 5.41) is 11.7. The van der Waals surface area contributed by atoms with Gasteiger partial charge < -0.3 is 4.90 Å². The van der Waals surface area contributed by atoms with Gasteiger partial charge in [0.25, 0.3) is 5.69 Å². The van der Waals surface area contributed by atoms with Gasteiger partial charge in [-0.2, -0.15) is 0 Å². The number of hydrogen-bond donors (Lipinski definition) is 0. The molecule has 1 saturated heterocycles. The highest BCUT2D eigenvalue weighted by Gasteiger charge is 2.40. The fourth-order valence-electron chi connectivity index (χ4n) is 4.20. The Balaban J connectivity index is 1.80. The van der Waals surface area contributed by atoms with Crippen LogP contribution in [-0.2, 0) is 20.8 Å². The molecular weight excluding hydrogens is 402 g/mol. The lowest BCUT2D eigenvalue weighted by Gasteiger charge is -2.20. The van der Waals surface area contributed by atoms with Crippen molar-refractivity contribution in [2.45, 2.75) is 47.0 Å². The van der Waals surface area contributed by atoms with Crippen molar-refractivity contribution in [2.24, 2.45) is 17.8 Å². The van der Waals surface area contributed by atoms with Crippen molar-refractivity contribution in [2.75, 3.05) is 18.0 Å². The highest BCUT2D eigenvalue weighted by Crippen LogP contribution is 2.39. The summed E-state index contributed by atoms with van der Waals surface area (Å²) in [7, 11) is 0. The number of nitro benzene ring substituents is 1. The van der Waals surface area contributed by atoms with Crippen molar-refractivity contribution in [3.05, 3.63) is 33.4 Å². The van der Waals surface area contributed by atoms with Gasteiger partial charge in [-0.15, -0.1) is 0 Å². The summed E-state index contributed by atoms with van der Waals surface area (Å²) in [5.41, 5.74) is 0.775. The van der Waals surface area contributed by atoms with E-state index in [1.165, 1.54) is 11.0 Å². The predicted molar refractivity (Wildman–Crippen MR) is 113 cm³/mol. The molecular formula is C22H27N3O6. The molecule has 9 heteroatoms. The van der Waals surface area contributed by atoms with E-state index in [4.69, 9.17) is 0 Å². The lowest BCUT2D eigenvalue weighted by Crippen LogP contribution is -2.37. The molecule has 3 rings (SSSR count). The van der Waals surface area contributed by atoms with E-state index in [0.717, 1.165) is 4.90 Å². The summed E-state index contributed by atoms with van der Waals surface area (Å²) in [4.78, 5) is 63.4. The third-order valence-corrected chi connectivity index (χ3v) is 5.98. The van der Waals surface area contributed by atoms with Gasteiger partial charge in [-0.1, -0.05) is 27.7 Å². The van der Waals surface area contributed by atoms with Crippen LogP contribution in [0.3, 0.4) is 0 Å². The number of carbonyl (C=O) groups excluding carboxylic acids is 4. The van der Waals surface area contributed by atoms with Crippen molar-refractivity contribution in [1.29, 1.82) is 0 Å². The average Bonchev–Trinajstić information content (AvgIpc) is 3.25. The van der Waals surface area contributed by atoms with Gasteiger partial charge in [0, 0.05) is 49.4 Å². The predicted octanol–water partition coefficient (Wildman–Crippen LogP) is 2.74. The van der Waals surface area contributed by atoms with Crippen molar-refractivity contribution in [1.82, 2.24) is 4.90 Å². The fraction of sp³-hybridized carbons (Fsp3) is 0.545. The molecule has 0 aromatic heterocycles. The minimum atomic E-state index is -0.581. The van der Waals surface area contributed by atoms with Crippen LogP contribution in [0.25, 0.3) is 0 Å². The number of fused-ring (bicyclic) bond motifs is 1. The topological polar surface area (TPSA) is 118 Å². The molecule has 31 heavy (non-hydrogen) atoms. The Morgan fingerprint density at radius 2 is 1.87 bits per heavy atom. The van der Waals surface area contributed by atoms with Crippen LogP contribution in [0.2, 0.25) is 0 Å². The molecule has 9 nitrogen and oxygen atoms in total. The second-order valence-electron chi connectivity index (χ2n) is 8.76. The molecule has 166 valence electrons. The number of likely N-dealkylation sites (tertiary alicyclic amines) is 1. The second-order valence-corrected chi connectivity index (χ2v) is 8.76. The van der Waals surface area contributed by atoms with Gasteiger partial charge in [0.15, 0.2) is 5.78 Å². The van der Waals surface area contributed by atoms with Crippen LogP contribution < -0.4 is 4.90 Å². The van der Waals surface area contributed by atoms with Gasteiger partial charge in [-0.3, -0.25) is 34.2 Å². The van der Waals surface area contributed by atoms with Gasteiger partial charge in [0.1, 0.15) is 5.69 Å². The van der Waals surface area contributed by atoms with Gasteiger partial charge in [-0.25, -0.2) is 0 Å². The van der Waals surface area contributed by atoms with E-state index in [1.807, 2.05) is 13.8 Å². The van der Waals surface area contributed by atoms with E-state index in [0.29, 0.717) is 12.0 Å². The maximum atomic E-state index is 12.9. The smallest absolute Gasteiger partial charge is 0.293 e. The van der Waals surface area contributed by atoms with E-state index in [-0.39, 0.29) is 78.2 Å². The highest BCUT2D eigenvalue weighted by atomic mass is 16.6. The second kappa shape index (κ2) is 8.56. The summed E-state index contributed by atoms with van der Waals surface area (Å²) in [6.45, 7) is 7.42. The number of anilines is 1. The SMILES string of the molecule is CC(C)C(=O)c1cc2c(c([N+](=O)[O-])c1)N(C(=O)CCN1C(=O)CC(C(C)C)C1=O)CC2. The van der Waals surface area contributed by atoms with Gasteiger partial charge in [0.2, 0.25) is 17.7 Å². The lowest BCUT2D eigenvalue weighted by atomic mass is 9.94. The van der Waals surface area contributed by atoms with E-state index >= 15 is 0 Å². The molecule has 1 fully saturated rings. The lowest BCUT2D eigenvalue weighted by molar-refractivity contribution is -0.384. The number of amides is 3. The molecule has 0 radical (unpaired) electrons. The summed E-state index contributed by atoms with van der Waals surface area (Å²) in [6.07, 6.45) is 0.444. The number of ketones is 1. The van der Waals surface area contributed by atoms with Gasteiger partial charge >= 0.3 is 0 Å². The first-order valence-electron chi connectivity index (χ1n) is 10.5. The Bertz CT molecular complexity index is 968. The molecule has 1 aromatic carbocycles. The van der Waals surface area contributed by atoms with Gasteiger partial charge in [-0.05, 0) is 24.0 Å². The number of nitrogens with zero attached hydrogens (tertiary/aromatic N) is 3. The molecule has 0 bridgehead atoms. The summed E-state index contributed by atoms with van der Waals surface area (Å²) < 4.78 is 0. The number of nitro groups is 1. The Labute approximate surface area is 180 Å². The number of carbonyl (C=O) groups is 4. The standard InChI is InChI=1S/C22H27N3O6/c1-12(2)16-11-19(27)24(22(16)29)8-6-18(26)23-7-5-14-9-15(21(28)13(3)4)10-17(20(14)23)25(30)31/h9-10,12-13,16H,5-8,11H2,1-4H3. The normalized spacial score (nSPS) is 18.3. The fourth-order valence-corrected chi connectivity index (χ4v) is 4.20. The zero-order valence-electron chi connectivity index (χ0n) is 18.2. The molecule has 1 atom stereocenters. The highest BCUT2D eigenvalue weighted by molar-refractivity contribution is 6.05. The molecule has 1 aromatic rings. The number of rotatable bonds is 7. The van der Waals surface area contributed by atoms with Crippen molar-refractivity contribution >= 4 is 34.9 Å². The monoisotopic (exact) mass is 429 g/mol. The molecule has 0 N–H and O–H groups in total. The maximum absolute atomic E-state index is 12.9. The Kier molecular flexibility index (Phi) is 6.24. The molecule has 2 aliphatic rings. The number of Topliss-reactive ketones (excluding diaryl/α,β-unsaturated/α-hetero) is 1. The summed E-state index contributed by atoms with van der Waals surface area (Å²) in [5.74, 6) is -1.78. The van der Waals surface area contributed by atoms with E-state index in [9.17, 15) is 29.3 Å². The third kappa shape index (κ3) is 4.22. The van der Waals surface area contributed by atoms with Crippen molar-refractivity contribution in [3.8, 4) is 0 Å². The Morgan fingerprint density at radius 1 is 1.19 bits per heavy atom. The Morgan fingerprint density at radius 3 is 2.42 bits per heavy atom. The first-order valence-corrected chi connectivity index (χ1v) is 10.5. The van der Waals surface area contributed by atoms with Crippen LogP contribution in [0.1, 0.15) is 56.5 Å². The average molecular weight is 429 g/mol. The zero-order valence-corrected chi connectivity index (χ0v) is 18.2. The number of hydrogen-bond acceptors (Lipinski definition) is 6. The van der Waals surface area contributed by atoms with Crippen LogP contribution in [0.5, 0.6) is 0 Å². The van der Waals surface area contributed by atoms with Crippen LogP contribution in [0, 0.1) is 27.9 Å². The van der Waals surface area contributed by atoms with Crippen molar-refractivity contribution in [3.63, 3.8) is 0 Å². The zero-order chi connectivity index (χ0) is 23.0. The largest absolute Gasteiger partial charge is 0.306 e. The first kappa shape index (κ1) is 22.6. The molecule has 0 aliphatic carbocycles. The molecule has 2 aliphatic heterocycles. The minimum absolute atomic E-state index is 0.0352. The van der Waals surface area contributed by atoms with Crippen LogP contribution in [0.15, 0.2) is 12.1 Å². The van der Waals surface area contributed by atoms with Crippen LogP contribution in [0.4, 0.5) is 11.4 Å². The molecule has 0 saturated carbocycles. The molecule has 1 unspecified atom stereocenters. The van der Waals surface area contributed by atoms with Crippen LogP contribution in [-0.4, -0.2) is 46.4 Å². The quantitative estimate of drug-likeness (QED) is 0.285. The minimum Gasteiger partial charge on any atom is -0.306 e. The van der Waals surface area contributed by atoms with Crippen LogP contribution >= 0.6 is 0 Å². The van der Waals surface area contributed by atoms with E-state index < -0.39 is 10.8 Å². The first-order chi connectivity index (χ1) is 14.5. The number of imide groups is 1. The third-order valence-electron chi connectivity index (χ3n) is 5.98. The molecule has 0 spiro atoms. The summed E-state index contributed by atoms with van der Waals surface area (Å²) in [6, 6.07) is 2.85.